The second-order valence-electron chi connectivity index (χ2n) is 17.3. The minimum absolute atomic E-state index is 0.00982. The molecule has 3 aromatic rings. The Balaban J connectivity index is 1.20. The first-order chi connectivity index (χ1) is 27.0. The fraction of sp³-hybridized carbons (Fsp3) is 0.610. The van der Waals surface area contributed by atoms with E-state index in [-0.39, 0.29) is 36.1 Å². The number of carbonyl (C=O) groups excluding carboxylic acids is 4. The molecule has 3 heterocycles. The van der Waals surface area contributed by atoms with Gasteiger partial charge in [-0.05, 0) is 74.8 Å². The fourth-order valence-corrected chi connectivity index (χ4v) is 8.77. The summed E-state index contributed by atoms with van der Waals surface area (Å²) in [5, 5.41) is 9.76. The van der Waals surface area contributed by atoms with Gasteiger partial charge < -0.3 is 44.2 Å². The minimum atomic E-state index is -1.19. The van der Waals surface area contributed by atoms with Gasteiger partial charge in [0.25, 0.3) is 6.01 Å². The molecule has 1 aromatic carbocycles. The maximum absolute atomic E-state index is 14.7. The van der Waals surface area contributed by atoms with Crippen molar-refractivity contribution >= 4 is 52.4 Å². The molecule has 0 bridgehead atoms. The number of fused-ring (bicyclic) bond motifs is 2. The van der Waals surface area contributed by atoms with Gasteiger partial charge in [0.1, 0.15) is 58.3 Å². The van der Waals surface area contributed by atoms with Gasteiger partial charge >= 0.3 is 12.1 Å². The number of esters is 1. The topological polar surface area (TPSA) is 183 Å². The molecular weight excluding hydrogens is 756 g/mol. The van der Waals surface area contributed by atoms with Gasteiger partial charge in [0.15, 0.2) is 0 Å². The van der Waals surface area contributed by atoms with Crippen LogP contribution in [0.2, 0.25) is 5.02 Å². The first kappa shape index (κ1) is 40.4. The van der Waals surface area contributed by atoms with Crippen LogP contribution in [0.5, 0.6) is 11.5 Å². The number of alkyl carbamates (subject to hydrolysis) is 1. The highest BCUT2D eigenvalue weighted by atomic mass is 35.5. The Kier molecular flexibility index (Phi) is 11.0. The Morgan fingerprint density at radius 3 is 2.39 bits per heavy atom. The molecule has 3 amide bonds. The highest BCUT2D eigenvalue weighted by molar-refractivity contribution is 6.36. The van der Waals surface area contributed by atoms with E-state index in [0.29, 0.717) is 64.5 Å². The summed E-state index contributed by atoms with van der Waals surface area (Å²) >= 11 is 6.82. The van der Waals surface area contributed by atoms with Crippen molar-refractivity contribution in [1.29, 1.82) is 0 Å². The SMILES string of the molecule is CC[C@@H]1C[C@]1(NC(=O)[C@@H]1C[C@@H](Oc2cc(-c3coc(NC(C)C)n3)nc3c(Cl)c(OC)ccc23)CN1C(=O)[C@@H](NC(=O)OC1C[C@@H]2C[C@@H]2C1)C(C)(C)C)C(=O)OC. The fourth-order valence-electron chi connectivity index (χ4n) is 8.49. The third kappa shape index (κ3) is 8.17. The normalized spacial score (nSPS) is 26.7. The quantitative estimate of drug-likeness (QED) is 0.169. The van der Waals surface area contributed by atoms with E-state index >= 15 is 0 Å². The smallest absolute Gasteiger partial charge is 0.408 e. The standard InChI is InChI=1S/C41H53ClN6O9/c1-9-23-17-41(23,37(51)54-8)47-35(49)29-15-25(18-48(29)36(50)34(40(4,5)6)46-39(52)57-24-13-21-12-22(21)14-24)56-31-16-27(28-19-55-38(45-28)43-20(2)3)44-33-26(31)10-11-30(53-7)32(33)42/h10-11,16,19-25,29,34H,9,12-15,17-18H2,1-8H3,(H,43,45)(H,46,52)(H,47,49)/t21-,22+,23-,24?,25-,29+,34-,41-/m1/s1. The Hall–Kier alpha value is -4.79. The average Bonchev–Trinajstić information content (AvgIpc) is 3.82. The number of methoxy groups -OCH3 is 2. The molecule has 57 heavy (non-hydrogen) atoms. The number of halogens is 1. The van der Waals surface area contributed by atoms with Crippen LogP contribution >= 0.6 is 11.6 Å². The van der Waals surface area contributed by atoms with Crippen LogP contribution in [0.4, 0.5) is 10.8 Å². The lowest BCUT2D eigenvalue weighted by Crippen LogP contribution is -2.59. The molecule has 3 aliphatic carbocycles. The monoisotopic (exact) mass is 808 g/mol. The molecule has 7 rings (SSSR count). The summed E-state index contributed by atoms with van der Waals surface area (Å²) in [5.74, 6) is 0.370. The highest BCUT2D eigenvalue weighted by Crippen LogP contribution is 2.52. The van der Waals surface area contributed by atoms with Crippen LogP contribution in [0.1, 0.15) is 80.1 Å². The number of benzene rings is 1. The van der Waals surface area contributed by atoms with E-state index in [4.69, 9.17) is 39.9 Å². The van der Waals surface area contributed by atoms with Gasteiger partial charge in [0.2, 0.25) is 11.8 Å². The molecule has 3 saturated carbocycles. The number of pyridine rings is 1. The van der Waals surface area contributed by atoms with Crippen LogP contribution < -0.4 is 25.4 Å². The summed E-state index contributed by atoms with van der Waals surface area (Å²) in [6.45, 7) is 11.4. The van der Waals surface area contributed by atoms with Crippen molar-refractivity contribution in [1.82, 2.24) is 25.5 Å². The van der Waals surface area contributed by atoms with Crippen molar-refractivity contribution in [3.8, 4) is 22.9 Å². The van der Waals surface area contributed by atoms with Crippen molar-refractivity contribution < 1.29 is 42.5 Å². The molecule has 1 saturated heterocycles. The number of nitrogens with one attached hydrogen (secondary N) is 3. The maximum atomic E-state index is 14.7. The lowest BCUT2D eigenvalue weighted by atomic mass is 9.85. The van der Waals surface area contributed by atoms with E-state index in [1.807, 2.05) is 41.5 Å². The molecule has 3 N–H and O–H groups in total. The van der Waals surface area contributed by atoms with Crippen LogP contribution in [-0.2, 0) is 23.9 Å². The number of hydrogen-bond donors (Lipinski definition) is 3. The predicted molar refractivity (Wildman–Crippen MR) is 211 cm³/mol. The summed E-state index contributed by atoms with van der Waals surface area (Å²) in [7, 11) is 2.80. The highest BCUT2D eigenvalue weighted by Gasteiger charge is 2.62. The van der Waals surface area contributed by atoms with Crippen LogP contribution in [-0.4, -0.2) is 95.4 Å². The number of aromatic nitrogens is 2. The van der Waals surface area contributed by atoms with Crippen molar-refractivity contribution in [2.75, 3.05) is 26.1 Å². The number of nitrogens with zero attached hydrogens (tertiary/aromatic N) is 3. The molecule has 8 atom stereocenters. The zero-order valence-corrected chi connectivity index (χ0v) is 34.5. The van der Waals surface area contributed by atoms with E-state index in [1.165, 1.54) is 31.8 Å². The number of likely N-dealkylation sites (tertiary alicyclic amines) is 1. The summed E-state index contributed by atoms with van der Waals surface area (Å²) in [6, 6.07) is 3.49. The molecule has 4 aliphatic rings. The number of carbonyl (C=O) groups is 4. The van der Waals surface area contributed by atoms with E-state index in [2.05, 4.69) is 20.9 Å². The maximum Gasteiger partial charge on any atom is 0.408 e. The van der Waals surface area contributed by atoms with Crippen molar-refractivity contribution in [2.45, 2.75) is 116 Å². The van der Waals surface area contributed by atoms with Crippen LogP contribution in [0.3, 0.4) is 0 Å². The van der Waals surface area contributed by atoms with Gasteiger partial charge in [-0.2, -0.15) is 4.98 Å². The Morgan fingerprint density at radius 2 is 1.75 bits per heavy atom. The Morgan fingerprint density at radius 1 is 1.02 bits per heavy atom. The predicted octanol–water partition coefficient (Wildman–Crippen LogP) is 6.12. The number of anilines is 1. The number of oxazole rings is 1. The second-order valence-corrected chi connectivity index (χ2v) is 17.6. The third-order valence-corrected chi connectivity index (χ3v) is 12.1. The molecule has 1 aliphatic heterocycles. The molecule has 308 valence electrons. The first-order valence-corrected chi connectivity index (χ1v) is 20.2. The molecule has 15 nitrogen and oxygen atoms in total. The summed E-state index contributed by atoms with van der Waals surface area (Å²) in [6.07, 6.45) is 3.90. The molecule has 16 heteroatoms. The number of amides is 3. The molecule has 4 fully saturated rings. The molecule has 2 aromatic heterocycles. The summed E-state index contributed by atoms with van der Waals surface area (Å²) in [4.78, 5) is 66.2. The minimum Gasteiger partial charge on any atom is -0.495 e. The number of hydrogen-bond acceptors (Lipinski definition) is 12. The third-order valence-electron chi connectivity index (χ3n) is 11.7. The van der Waals surface area contributed by atoms with Gasteiger partial charge in [-0.1, -0.05) is 45.7 Å². The van der Waals surface area contributed by atoms with Crippen LogP contribution in [0, 0.1) is 23.2 Å². The van der Waals surface area contributed by atoms with Gasteiger partial charge in [-0.3, -0.25) is 9.59 Å². The van der Waals surface area contributed by atoms with Crippen molar-refractivity contribution in [3.05, 3.63) is 29.5 Å². The average molecular weight is 809 g/mol. The van der Waals surface area contributed by atoms with E-state index in [0.717, 1.165) is 12.8 Å². The molecule has 0 radical (unpaired) electrons. The lowest BCUT2D eigenvalue weighted by Gasteiger charge is -2.35. The molecule has 0 spiro atoms. The molecular formula is C41H53ClN6O9. The summed E-state index contributed by atoms with van der Waals surface area (Å²) in [5.41, 5.74) is -0.734. The summed E-state index contributed by atoms with van der Waals surface area (Å²) < 4.78 is 28.8. The zero-order valence-electron chi connectivity index (χ0n) is 33.8. The van der Waals surface area contributed by atoms with Gasteiger partial charge in [-0.15, -0.1) is 0 Å². The van der Waals surface area contributed by atoms with E-state index < -0.39 is 53.0 Å². The van der Waals surface area contributed by atoms with Crippen LogP contribution in [0.25, 0.3) is 22.3 Å². The second kappa shape index (κ2) is 15.5. The van der Waals surface area contributed by atoms with E-state index in [1.54, 1.807) is 18.2 Å². The van der Waals surface area contributed by atoms with Crippen molar-refractivity contribution in [3.63, 3.8) is 0 Å². The Labute approximate surface area is 337 Å². The Bertz CT molecular complexity index is 2040. The number of rotatable bonds is 13. The largest absolute Gasteiger partial charge is 0.495 e. The van der Waals surface area contributed by atoms with Crippen LogP contribution in [0.15, 0.2) is 28.9 Å². The van der Waals surface area contributed by atoms with Crippen molar-refractivity contribution in [2.24, 2.45) is 23.2 Å². The van der Waals surface area contributed by atoms with Gasteiger partial charge in [0, 0.05) is 23.9 Å². The van der Waals surface area contributed by atoms with Gasteiger partial charge in [-0.25, -0.2) is 14.6 Å². The lowest BCUT2D eigenvalue weighted by molar-refractivity contribution is -0.148. The van der Waals surface area contributed by atoms with Gasteiger partial charge in [0.05, 0.1) is 32.0 Å². The zero-order chi connectivity index (χ0) is 41.0. The molecule has 1 unspecified atom stereocenters. The number of ether oxygens (including phenoxy) is 4. The van der Waals surface area contributed by atoms with E-state index in [9.17, 15) is 19.2 Å². The first-order valence-electron chi connectivity index (χ1n) is 19.8.